The topological polar surface area (TPSA) is 775 Å². The van der Waals surface area contributed by atoms with E-state index >= 15 is 0 Å². The Morgan fingerprint density at radius 1 is 0.348 bits per heavy atom. The van der Waals surface area contributed by atoms with E-state index in [9.17, 15) is 63.3 Å². The van der Waals surface area contributed by atoms with Crippen molar-refractivity contribution in [2.45, 2.75) is 287 Å². The summed E-state index contributed by atoms with van der Waals surface area (Å²) in [5.74, 6) is 5.97. The van der Waals surface area contributed by atoms with E-state index in [1.165, 1.54) is 22.2 Å². The minimum atomic E-state index is -0.552. The van der Waals surface area contributed by atoms with Crippen LogP contribution in [0.5, 0.6) is 0 Å². The number of nitrogens with zero attached hydrogens (tertiary/aromatic N) is 23. The van der Waals surface area contributed by atoms with E-state index in [2.05, 4.69) is 46.3 Å². The summed E-state index contributed by atoms with van der Waals surface area (Å²) >= 11 is 0. The molecule has 5 unspecified atom stereocenters. The molecular weight excluding hydrogens is 1840 g/mol. The van der Waals surface area contributed by atoms with Gasteiger partial charge in [0.15, 0.2) is 29.1 Å². The molecule has 12 aliphatic rings. The molecule has 55 nitrogen and oxygen atoms in total. The Morgan fingerprint density at radius 3 is 1.15 bits per heavy atom. The minimum Gasteiger partial charge on any atom is -0.395 e. The van der Waals surface area contributed by atoms with Crippen LogP contribution in [0.3, 0.4) is 0 Å². The number of nitrogens with two attached hydrogens (primary N) is 13. The number of fused-ring (bicyclic) bond motifs is 10. The van der Waals surface area contributed by atoms with Crippen molar-refractivity contribution < 1.29 is 30.6 Å². The average molecular weight is 1980 g/mol. The van der Waals surface area contributed by atoms with Crippen LogP contribution < -0.4 is 161 Å². The Labute approximate surface area is 808 Å². The summed E-state index contributed by atoms with van der Waals surface area (Å²) in [7, 11) is 0. The summed E-state index contributed by atoms with van der Waals surface area (Å²) in [4.78, 5) is 122. The van der Waals surface area contributed by atoms with E-state index in [4.69, 9.17) is 89.9 Å². The fraction of sp³-hybridized carbons (Fsp3) is 0.651. The first-order chi connectivity index (χ1) is 66.9. The number of hydrogen-bond donors (Lipinski definition) is 22. The summed E-state index contributed by atoms with van der Waals surface area (Å²) in [6, 6.07) is 0.289. The fourth-order valence-corrected chi connectivity index (χ4v) is 20.0. The van der Waals surface area contributed by atoms with Gasteiger partial charge in [-0.05, 0) is 111 Å². The van der Waals surface area contributed by atoms with Crippen LogP contribution in [0.4, 0.5) is 109 Å². The van der Waals surface area contributed by atoms with Crippen LogP contribution in [0.15, 0.2) is 47.9 Å². The molecule has 0 aromatic carbocycles. The van der Waals surface area contributed by atoms with Crippen LogP contribution in [-0.4, -0.2) is 220 Å². The van der Waals surface area contributed by atoms with Crippen molar-refractivity contribution in [2.24, 2.45) is 11.3 Å². The van der Waals surface area contributed by atoms with E-state index < -0.39 is 18.3 Å². The second kappa shape index (κ2) is 43.4. The van der Waals surface area contributed by atoms with Gasteiger partial charge in [0.2, 0.25) is 0 Å². The van der Waals surface area contributed by atoms with E-state index in [-0.39, 0.29) is 133 Å². The summed E-state index contributed by atoms with van der Waals surface area (Å²) in [5.41, 5.74) is 76.0. The quantitative estimate of drug-likeness (QED) is 0.0457. The molecule has 0 amide bonds. The van der Waals surface area contributed by atoms with Gasteiger partial charge < -0.3 is 136 Å². The summed E-state index contributed by atoms with van der Waals surface area (Å²) < 4.78 is 34.9. The highest BCUT2D eigenvalue weighted by Gasteiger charge is 2.36. The summed E-state index contributed by atoms with van der Waals surface area (Å²) in [6.07, 6.45) is 9.44. The van der Waals surface area contributed by atoms with Crippen LogP contribution in [0, 0.1) is 18.3 Å². The molecule has 10 aromatic heterocycles. The number of aliphatic hydroxyl groups is 6. The monoisotopic (exact) mass is 1980 g/mol. The maximum atomic E-state index is 11.9. The van der Waals surface area contributed by atoms with Crippen LogP contribution in [0.25, 0.3) is 0 Å². The third kappa shape index (κ3) is 21.1. The largest absolute Gasteiger partial charge is 0.395 e. The molecule has 0 spiro atoms. The standard InChI is InChI=1S/C11H20N4O3.C10H16N4O2.C10H16N4O.C9H16N4O2.C9H16N4O.C8H14N4O2.C8H14N4O.C8H13N3O.C7H12N4O.C6H10N4O2/c1-8(17)7-13(5-6-16)10-9(12)11(18)15-4-2-3-14(10)15;11-8-9(12-5-2-7(15)6-12)13-3-1-4-14(13)10(8)16;11-8-9(12-4-1-2-5-12)13-6-3-7-14(13)10(8)15;1-6(14)5-11-8-7(10)9(15)13-4-2-3-12(8)13;1-6(2)11-8-7(10)9(14)13-5-3-4-12(8)13;9-6-7(10-2-5-13)11-3-1-4-12(11)8(6)14;1-8(2)3-11-6(10)5(9)7(13)12(11)4-8;1-6-7(9)8(12)11-5-3-2-4-10(6)11;1-4-2-10-6(9)5(8)7(12)11(10)3-4;7-4-5(8)9-1-3(11)2-10(9)6(4)12/h8,16-17H,2-7,12H2,1H3;7,15H,1-6,11H2;1-7,11H2;6,11,14H,2-5,10H2,1H3;6,11H,3-5,10H2,1-2H3;10,13H,1-5,9H2;3-4,9-10H2,1-2H3;2-5,9H2,1H3;4H,2-3,8-9H2,1H3;3,11H,1-2,7-8H2. The fourth-order valence-electron chi connectivity index (χ4n) is 20.0. The van der Waals surface area contributed by atoms with Crippen LogP contribution in [0.2, 0.25) is 0 Å². The second-order valence-corrected chi connectivity index (χ2v) is 38.6. The van der Waals surface area contributed by atoms with Gasteiger partial charge in [0.25, 0.3) is 55.6 Å². The van der Waals surface area contributed by atoms with E-state index in [1.807, 2.05) is 53.8 Å². The Balaban J connectivity index is 0.000000132. The van der Waals surface area contributed by atoms with Crippen LogP contribution in [0.1, 0.15) is 125 Å². The Bertz CT molecular complexity index is 6700. The lowest BCUT2D eigenvalue weighted by Crippen LogP contribution is -2.35. The van der Waals surface area contributed by atoms with Gasteiger partial charge in [-0.25, -0.2) is 46.8 Å². The maximum Gasteiger partial charge on any atom is 0.292 e. The van der Waals surface area contributed by atoms with Crippen molar-refractivity contribution in [3.63, 3.8) is 0 Å². The molecule has 2 saturated heterocycles. The molecule has 10 aromatic rings. The molecule has 55 heteroatoms. The van der Waals surface area contributed by atoms with Crippen molar-refractivity contribution in [3.05, 3.63) is 109 Å². The first-order valence-corrected chi connectivity index (χ1v) is 48.4. The lowest BCUT2D eigenvalue weighted by atomic mass is 9.95. The van der Waals surface area contributed by atoms with Crippen molar-refractivity contribution in [1.82, 2.24) is 93.6 Å². The van der Waals surface area contributed by atoms with Crippen LogP contribution in [-0.2, 0) is 131 Å². The Hall–Kier alpha value is -13.9. The SMILES string of the molecule is CC(C)Nc1c(N)c(=O)n2n1CCC2.CC(O)CN(CCO)c1c(N)c(=O)n2n1CCC2.CC(O)CNc1c(N)c(=O)n2n1CCC2.CC1(C)Cn2c(N)c(N)c(=O)n2C1.CC1Cn2c(N)c(N)c(=O)n2C1.Cc1c(N)c(=O)n2n1CCCC2.Nc1c(N)n2n(c1=O)CC(O)C2.Nc1c(N2CCC(O)C2)n2n(c1=O)CCC2.Nc1c(N2CCCC2)n2n(c1=O)CCC2.Nc1c(NCCO)n2n(c1=O)CCC2. The molecule has 0 bridgehead atoms. The Morgan fingerprint density at radius 2 is 0.702 bits per heavy atom. The number of anilines is 19. The zero-order valence-electron chi connectivity index (χ0n) is 82.0. The molecule has 12 aliphatic heterocycles. The summed E-state index contributed by atoms with van der Waals surface area (Å²) in [5, 5.41) is 64.3. The molecule has 0 saturated carbocycles. The molecule has 141 heavy (non-hydrogen) atoms. The van der Waals surface area contributed by atoms with Gasteiger partial charge in [-0.3, -0.25) is 94.8 Å². The average Bonchev–Trinajstić information content (AvgIpc) is 1.60. The maximum absolute atomic E-state index is 11.9. The van der Waals surface area contributed by atoms with Crippen molar-refractivity contribution in [1.29, 1.82) is 0 Å². The lowest BCUT2D eigenvalue weighted by molar-refractivity contribution is 0.170. The van der Waals surface area contributed by atoms with E-state index in [0.29, 0.717) is 110 Å². The minimum absolute atomic E-state index is 0.00519. The van der Waals surface area contributed by atoms with E-state index in [0.717, 1.165) is 205 Å². The molecule has 35 N–H and O–H groups in total. The number of hydrogen-bond acceptors (Lipinski definition) is 35. The highest BCUT2D eigenvalue weighted by Crippen LogP contribution is 2.34. The predicted molar refractivity (Wildman–Crippen MR) is 545 cm³/mol. The van der Waals surface area contributed by atoms with Crippen molar-refractivity contribution >= 4 is 109 Å². The number of nitrogen functional groups attached to an aromatic ring is 13. The normalized spacial score (nSPS) is 18.2. The number of aromatic nitrogens is 20. The molecule has 782 valence electrons. The molecule has 0 radical (unpaired) electrons. The van der Waals surface area contributed by atoms with Gasteiger partial charge in [0.05, 0.1) is 56.4 Å². The first kappa shape index (κ1) is 104. The lowest BCUT2D eigenvalue weighted by Gasteiger charge is -2.26. The molecule has 5 atom stereocenters. The first-order valence-electron chi connectivity index (χ1n) is 48.4. The van der Waals surface area contributed by atoms with Gasteiger partial charge >= 0.3 is 0 Å². The number of β-amino-alcohol motifs (C(OH)–C–C–N with tert-alkyl or cyclic N) is 1. The molecular formula is C86H147N39O16. The zero-order valence-corrected chi connectivity index (χ0v) is 82.0. The molecule has 22 heterocycles. The van der Waals surface area contributed by atoms with Gasteiger partial charge in [-0.1, -0.05) is 20.8 Å². The smallest absolute Gasteiger partial charge is 0.292 e. The van der Waals surface area contributed by atoms with Crippen molar-refractivity contribution in [3.8, 4) is 0 Å². The molecule has 2 fully saturated rings. The Kier molecular flexibility index (Phi) is 32.2. The number of nitrogens with one attached hydrogen (secondary N) is 3. The number of aliphatic hydroxyl groups excluding tert-OH is 6. The van der Waals surface area contributed by atoms with Gasteiger partial charge in [-0.15, -0.1) is 0 Å². The van der Waals surface area contributed by atoms with Crippen molar-refractivity contribution in [2.75, 3.05) is 171 Å². The van der Waals surface area contributed by atoms with Crippen LogP contribution >= 0.6 is 0 Å². The third-order valence-electron chi connectivity index (χ3n) is 26.7. The third-order valence-corrected chi connectivity index (χ3v) is 26.7. The summed E-state index contributed by atoms with van der Waals surface area (Å²) in [6.45, 7) is 35.3. The highest BCUT2D eigenvalue weighted by molar-refractivity contribution is 5.68. The van der Waals surface area contributed by atoms with E-state index in [1.54, 1.807) is 70.2 Å². The highest BCUT2D eigenvalue weighted by atomic mass is 16.3. The number of rotatable bonds is 15. The van der Waals surface area contributed by atoms with Gasteiger partial charge in [0.1, 0.15) is 80.1 Å². The molecule has 22 rings (SSSR count). The zero-order chi connectivity index (χ0) is 103. The predicted octanol–water partition coefficient (Wildman–Crippen LogP) is -4.98. The van der Waals surface area contributed by atoms with Gasteiger partial charge in [-0.2, -0.15) is 0 Å². The molecule has 0 aliphatic carbocycles. The second-order valence-electron chi connectivity index (χ2n) is 38.6. The van der Waals surface area contributed by atoms with Gasteiger partial charge in [0, 0.05) is 182 Å².